The van der Waals surface area contributed by atoms with E-state index in [0.717, 1.165) is 32.8 Å². The van der Waals surface area contributed by atoms with Crippen LogP contribution in [0.25, 0.3) is 0 Å². The molecule has 1 saturated heterocycles. The van der Waals surface area contributed by atoms with Crippen LogP contribution in [0.15, 0.2) is 12.1 Å². The largest absolute Gasteiger partial charge is 0.379 e. The fraction of sp³-hybridized carbons (Fsp3) is 0.688. The van der Waals surface area contributed by atoms with Gasteiger partial charge in [0.1, 0.15) is 0 Å². The zero-order valence-corrected chi connectivity index (χ0v) is 14.3. The first-order valence-corrected chi connectivity index (χ1v) is 9.25. The van der Waals surface area contributed by atoms with Gasteiger partial charge in [-0.05, 0) is 25.0 Å². The van der Waals surface area contributed by atoms with Crippen molar-refractivity contribution in [3.8, 4) is 0 Å². The molecule has 122 valence electrons. The molecular formula is C16H23ClN2O2S. The van der Waals surface area contributed by atoms with Gasteiger partial charge >= 0.3 is 0 Å². The first kappa shape index (κ1) is 16.2. The number of ether oxygens (including phenoxy) is 1. The predicted octanol–water partition coefficient (Wildman–Crippen LogP) is 3.17. The summed E-state index contributed by atoms with van der Waals surface area (Å²) < 4.78 is 6.15. The summed E-state index contributed by atoms with van der Waals surface area (Å²) in [4.78, 5) is 15.6. The number of hydrogen-bond acceptors (Lipinski definition) is 4. The number of morpholine rings is 1. The lowest BCUT2D eigenvalue weighted by molar-refractivity contribution is -0.0361. The Morgan fingerprint density at radius 3 is 2.64 bits per heavy atom. The van der Waals surface area contributed by atoms with Gasteiger partial charge in [-0.2, -0.15) is 0 Å². The van der Waals surface area contributed by atoms with Crippen molar-refractivity contribution in [1.82, 2.24) is 10.2 Å². The van der Waals surface area contributed by atoms with Crippen molar-refractivity contribution in [2.75, 3.05) is 32.8 Å². The zero-order valence-electron chi connectivity index (χ0n) is 12.8. The van der Waals surface area contributed by atoms with Gasteiger partial charge in [-0.25, -0.2) is 0 Å². The number of hydrogen-bond donors (Lipinski definition) is 1. The van der Waals surface area contributed by atoms with Crippen LogP contribution in [-0.2, 0) is 4.74 Å². The number of halogens is 1. The molecule has 0 aromatic carbocycles. The molecule has 4 nitrogen and oxygen atoms in total. The molecule has 2 aliphatic rings. The highest BCUT2D eigenvalue weighted by molar-refractivity contribution is 7.17. The Balaban J connectivity index is 1.66. The molecule has 1 aromatic heterocycles. The van der Waals surface area contributed by atoms with Gasteiger partial charge in [-0.15, -0.1) is 11.3 Å². The third-order valence-corrected chi connectivity index (χ3v) is 6.07. The van der Waals surface area contributed by atoms with Crippen molar-refractivity contribution >= 4 is 28.8 Å². The van der Waals surface area contributed by atoms with E-state index in [1.807, 2.05) is 0 Å². The van der Waals surface area contributed by atoms with E-state index in [9.17, 15) is 4.79 Å². The summed E-state index contributed by atoms with van der Waals surface area (Å²) in [6.45, 7) is 4.27. The lowest BCUT2D eigenvalue weighted by atomic mass is 9.79. The minimum absolute atomic E-state index is 0.00453. The quantitative estimate of drug-likeness (QED) is 0.913. The summed E-state index contributed by atoms with van der Waals surface area (Å²) in [5.74, 6) is -0.00453. The highest BCUT2D eigenvalue weighted by Gasteiger charge is 2.38. The first-order valence-electron chi connectivity index (χ1n) is 8.06. The smallest absolute Gasteiger partial charge is 0.261 e. The summed E-state index contributed by atoms with van der Waals surface area (Å²) >= 11 is 7.26. The Morgan fingerprint density at radius 2 is 2.00 bits per heavy atom. The molecule has 0 atom stereocenters. The molecule has 1 aliphatic heterocycles. The van der Waals surface area contributed by atoms with Crippen molar-refractivity contribution in [2.24, 2.45) is 0 Å². The lowest BCUT2D eigenvalue weighted by Crippen LogP contribution is -2.59. The van der Waals surface area contributed by atoms with Gasteiger partial charge in [0, 0.05) is 25.2 Å². The number of thiophene rings is 1. The molecular weight excluding hydrogens is 320 g/mol. The van der Waals surface area contributed by atoms with Crippen molar-refractivity contribution in [1.29, 1.82) is 0 Å². The normalized spacial score (nSPS) is 22.4. The highest BCUT2D eigenvalue weighted by atomic mass is 35.5. The van der Waals surface area contributed by atoms with Crippen LogP contribution in [0.2, 0.25) is 4.34 Å². The van der Waals surface area contributed by atoms with Crippen LogP contribution in [0.1, 0.15) is 41.8 Å². The topological polar surface area (TPSA) is 41.6 Å². The van der Waals surface area contributed by atoms with Crippen LogP contribution >= 0.6 is 22.9 Å². The minimum atomic E-state index is -0.00453. The van der Waals surface area contributed by atoms with Crippen LogP contribution < -0.4 is 5.32 Å². The summed E-state index contributed by atoms with van der Waals surface area (Å²) in [5.41, 5.74) is 0.110. The Hall–Kier alpha value is -0.620. The first-order chi connectivity index (χ1) is 10.7. The summed E-state index contributed by atoms with van der Waals surface area (Å²) in [6, 6.07) is 3.57. The number of amides is 1. The van der Waals surface area contributed by atoms with Crippen LogP contribution in [0, 0.1) is 0 Å². The molecule has 1 aromatic rings. The molecule has 22 heavy (non-hydrogen) atoms. The van der Waals surface area contributed by atoms with Gasteiger partial charge in [0.2, 0.25) is 0 Å². The van der Waals surface area contributed by atoms with Gasteiger partial charge in [-0.1, -0.05) is 30.9 Å². The van der Waals surface area contributed by atoms with E-state index in [2.05, 4.69) is 10.2 Å². The van der Waals surface area contributed by atoms with E-state index in [1.165, 1.54) is 43.4 Å². The highest BCUT2D eigenvalue weighted by Crippen LogP contribution is 2.34. The minimum Gasteiger partial charge on any atom is -0.379 e. The second kappa shape index (κ2) is 7.30. The average molecular weight is 343 g/mol. The summed E-state index contributed by atoms with van der Waals surface area (Å²) in [7, 11) is 0. The van der Waals surface area contributed by atoms with E-state index >= 15 is 0 Å². The zero-order chi connectivity index (χ0) is 15.4. The third kappa shape index (κ3) is 3.65. The number of carbonyl (C=O) groups is 1. The molecule has 0 spiro atoms. The Morgan fingerprint density at radius 1 is 1.27 bits per heavy atom. The Bertz CT molecular complexity index is 508. The van der Waals surface area contributed by atoms with Crippen molar-refractivity contribution in [2.45, 2.75) is 37.6 Å². The number of nitrogens with zero attached hydrogens (tertiary/aromatic N) is 1. The second-order valence-electron chi connectivity index (χ2n) is 6.17. The molecule has 1 N–H and O–H groups in total. The molecule has 3 rings (SSSR count). The molecule has 2 fully saturated rings. The monoisotopic (exact) mass is 342 g/mol. The maximum absolute atomic E-state index is 12.3. The number of rotatable bonds is 4. The SMILES string of the molecule is O=C(NCC1(N2CCOCC2)CCCCC1)c1ccc(Cl)s1. The second-order valence-corrected chi connectivity index (χ2v) is 7.89. The average Bonchev–Trinajstić information content (AvgIpc) is 3.01. The van der Waals surface area contributed by atoms with Gasteiger partial charge in [-0.3, -0.25) is 9.69 Å². The molecule has 1 amide bonds. The van der Waals surface area contributed by atoms with E-state index in [1.54, 1.807) is 12.1 Å². The van der Waals surface area contributed by atoms with Crippen LogP contribution in [0.3, 0.4) is 0 Å². The van der Waals surface area contributed by atoms with Crippen LogP contribution in [0.4, 0.5) is 0 Å². The van der Waals surface area contributed by atoms with E-state index in [4.69, 9.17) is 16.3 Å². The molecule has 1 saturated carbocycles. The van der Waals surface area contributed by atoms with Gasteiger partial charge < -0.3 is 10.1 Å². The molecule has 1 aliphatic carbocycles. The number of carbonyl (C=O) groups excluding carboxylic acids is 1. The molecule has 0 unspecified atom stereocenters. The van der Waals surface area contributed by atoms with E-state index in [0.29, 0.717) is 9.21 Å². The standard InChI is InChI=1S/C16H23ClN2O2S/c17-14-5-4-13(22-14)15(20)18-12-16(6-2-1-3-7-16)19-8-10-21-11-9-19/h4-5H,1-3,6-12H2,(H,18,20). The van der Waals surface area contributed by atoms with Gasteiger partial charge in [0.15, 0.2) is 0 Å². The van der Waals surface area contributed by atoms with Crippen molar-refractivity contribution < 1.29 is 9.53 Å². The predicted molar refractivity (Wildman–Crippen MR) is 89.9 cm³/mol. The molecule has 0 bridgehead atoms. The van der Waals surface area contributed by atoms with Crippen molar-refractivity contribution in [3.05, 3.63) is 21.3 Å². The van der Waals surface area contributed by atoms with E-state index < -0.39 is 0 Å². The number of nitrogens with one attached hydrogen (secondary N) is 1. The fourth-order valence-corrected chi connectivity index (χ4v) is 4.58. The molecule has 2 heterocycles. The Labute approximate surface area is 140 Å². The molecule has 0 radical (unpaired) electrons. The van der Waals surface area contributed by atoms with E-state index in [-0.39, 0.29) is 11.4 Å². The van der Waals surface area contributed by atoms with Gasteiger partial charge in [0.25, 0.3) is 5.91 Å². The maximum Gasteiger partial charge on any atom is 0.261 e. The molecule has 6 heteroatoms. The third-order valence-electron chi connectivity index (χ3n) is 4.84. The van der Waals surface area contributed by atoms with Crippen molar-refractivity contribution in [3.63, 3.8) is 0 Å². The van der Waals surface area contributed by atoms with Gasteiger partial charge in [0.05, 0.1) is 22.4 Å². The van der Waals surface area contributed by atoms with Crippen LogP contribution in [-0.4, -0.2) is 49.2 Å². The summed E-state index contributed by atoms with van der Waals surface area (Å²) in [5, 5.41) is 3.15. The fourth-order valence-electron chi connectivity index (χ4n) is 3.62. The lowest BCUT2D eigenvalue weighted by Gasteiger charge is -2.48. The summed E-state index contributed by atoms with van der Waals surface area (Å²) in [6.07, 6.45) is 6.13. The maximum atomic E-state index is 12.3. The van der Waals surface area contributed by atoms with Crippen LogP contribution in [0.5, 0.6) is 0 Å². The Kier molecular flexibility index (Phi) is 5.39.